The number of hydrogen-bond donors (Lipinski definition) is 10. The van der Waals surface area contributed by atoms with Crippen LogP contribution in [0.15, 0.2) is 43.9 Å². The minimum Gasteiger partial charge on any atom is -0.397 e. The molecule has 6 unspecified atom stereocenters. The highest BCUT2D eigenvalue weighted by Gasteiger charge is 2.61. The van der Waals surface area contributed by atoms with E-state index in [1.165, 1.54) is 45.7 Å². The predicted molar refractivity (Wildman–Crippen MR) is 262 cm³/mol. The molecule has 15 atom stereocenters. The summed E-state index contributed by atoms with van der Waals surface area (Å²) in [6.45, 7) is -8.06. The maximum absolute atomic E-state index is 14.3. The molecule has 426 valence electrons. The zero-order valence-corrected chi connectivity index (χ0v) is 44.5. The van der Waals surface area contributed by atoms with Crippen LogP contribution in [0.4, 0.5) is 17.3 Å². The second-order valence-corrected chi connectivity index (χ2v) is 24.6. The smallest absolute Gasteiger partial charge is 0.397 e. The number of ether oxygens (including phenoxy) is 5. The summed E-state index contributed by atoms with van der Waals surface area (Å²) in [5, 5.41) is 21.0. The number of nitrogens with two attached hydrogens (primary N) is 3. The van der Waals surface area contributed by atoms with Crippen molar-refractivity contribution in [3.8, 4) is 0 Å². The van der Waals surface area contributed by atoms with Gasteiger partial charge in [-0.15, -0.1) is 0 Å². The number of nitrogens with zero attached hydrogens (tertiary/aromatic N) is 11. The number of aromatic nitrogens is 11. The Morgan fingerprint density at radius 2 is 1.26 bits per heavy atom. The van der Waals surface area contributed by atoms with Gasteiger partial charge in [-0.25, -0.2) is 53.6 Å². The molecule has 6 aromatic rings. The minimum absolute atomic E-state index is 0.0121. The molecule has 10 heterocycles. The zero-order valence-electron chi connectivity index (χ0n) is 40.2. The molecule has 6 aromatic heterocycles. The summed E-state index contributed by atoms with van der Waals surface area (Å²) < 4.78 is 113. The Morgan fingerprint density at radius 3 is 1.90 bits per heavy atom. The second-order valence-electron chi connectivity index (χ2n) is 17.7. The minimum atomic E-state index is -5.44. The highest BCUT2D eigenvalue weighted by molar-refractivity contribution is 8.06. The number of aliphatic hydroxyl groups is 2. The number of methoxy groups -OCH3 is 1. The number of pyridine rings is 1. The van der Waals surface area contributed by atoms with Crippen molar-refractivity contribution in [2.24, 2.45) is 0 Å². The van der Waals surface area contributed by atoms with Gasteiger partial charge in [0.1, 0.15) is 83.6 Å². The van der Waals surface area contributed by atoms with Gasteiger partial charge in [-0.1, -0.05) is 0 Å². The van der Waals surface area contributed by atoms with E-state index in [1.807, 2.05) is 0 Å². The van der Waals surface area contributed by atoms with Crippen LogP contribution in [0.1, 0.15) is 31.5 Å². The summed E-state index contributed by atoms with van der Waals surface area (Å²) in [5.74, 6) is -0.123. The van der Waals surface area contributed by atoms with Gasteiger partial charge in [-0.2, -0.15) is 0 Å². The van der Waals surface area contributed by atoms with Gasteiger partial charge in [0.2, 0.25) is 0 Å². The van der Waals surface area contributed by atoms with Crippen LogP contribution in [0.5, 0.6) is 0 Å². The van der Waals surface area contributed by atoms with Gasteiger partial charge in [0, 0.05) is 19.9 Å². The highest BCUT2D eigenvalue weighted by Crippen LogP contribution is 2.57. The number of rotatable bonds is 22. The molecule has 78 heavy (non-hydrogen) atoms. The molecule has 0 aliphatic carbocycles. The maximum Gasteiger partial charge on any atom is 0.472 e. The third kappa shape index (κ3) is 11.5. The lowest BCUT2D eigenvalue weighted by atomic mass is 9.89. The molecule has 4 fully saturated rings. The summed E-state index contributed by atoms with van der Waals surface area (Å²) in [5.41, 5.74) is 17.4. The number of anilines is 3. The van der Waals surface area contributed by atoms with E-state index in [4.69, 9.17) is 89.5 Å². The number of aliphatic hydroxyl groups excluding tert-OH is 2. The molecule has 0 bridgehead atoms. The molecule has 10 rings (SSSR count). The van der Waals surface area contributed by atoms with E-state index in [2.05, 4.69) is 39.9 Å². The van der Waals surface area contributed by atoms with Crippen molar-refractivity contribution < 1.29 is 104 Å². The third-order valence-corrected chi connectivity index (χ3v) is 16.6. The molecule has 0 spiro atoms. The van der Waals surface area contributed by atoms with Crippen LogP contribution in [-0.4, -0.2) is 189 Å². The van der Waals surface area contributed by atoms with Crippen molar-refractivity contribution in [2.45, 2.75) is 86.0 Å². The van der Waals surface area contributed by atoms with Gasteiger partial charge in [0.05, 0.1) is 57.7 Å². The largest absolute Gasteiger partial charge is 0.472 e. The van der Waals surface area contributed by atoms with Crippen LogP contribution in [0.25, 0.3) is 33.5 Å². The number of fused-ring (bicyclic) bond motifs is 4. The number of phosphoric acid groups is 3. The van der Waals surface area contributed by atoms with Crippen LogP contribution < -0.4 is 17.2 Å². The van der Waals surface area contributed by atoms with Crippen LogP contribution in [0.3, 0.4) is 0 Å². The number of hydrogen-bond acceptors (Lipinski definition) is 29. The summed E-state index contributed by atoms with van der Waals surface area (Å²) in [7, 11) is -14.5. The van der Waals surface area contributed by atoms with Crippen LogP contribution >= 0.6 is 30.2 Å². The maximum atomic E-state index is 14.3. The lowest BCUT2D eigenvalue weighted by Crippen LogP contribution is -2.51. The molecular weight excluding hydrogens is 1150 g/mol. The first-order valence-electron chi connectivity index (χ1n) is 23.0. The summed E-state index contributed by atoms with van der Waals surface area (Å²) in [4.78, 5) is 87.2. The predicted octanol–water partition coefficient (Wildman–Crippen LogP) is -0.800. The lowest BCUT2D eigenvalue weighted by molar-refractivity contribution is -0.165. The van der Waals surface area contributed by atoms with E-state index in [0.717, 1.165) is 19.0 Å². The second kappa shape index (κ2) is 22.2. The van der Waals surface area contributed by atoms with Crippen molar-refractivity contribution in [2.75, 3.05) is 64.0 Å². The summed E-state index contributed by atoms with van der Waals surface area (Å²) in [6, 6.07) is 1.51. The molecule has 0 saturated carbocycles. The average Bonchev–Trinajstić information content (AvgIpc) is 4.35. The average molecular weight is 1200 g/mol. The summed E-state index contributed by atoms with van der Waals surface area (Å²) >= 11 is 4.85. The Balaban J connectivity index is 0.895. The van der Waals surface area contributed by atoms with E-state index in [-0.39, 0.29) is 63.8 Å². The van der Waals surface area contributed by atoms with Gasteiger partial charge in [-0.3, -0.25) is 45.4 Å². The van der Waals surface area contributed by atoms with E-state index in [0.29, 0.717) is 6.42 Å². The highest BCUT2D eigenvalue weighted by atomic mass is 32.5. The van der Waals surface area contributed by atoms with Gasteiger partial charge in [0.25, 0.3) is 0 Å². The first-order valence-corrected chi connectivity index (χ1v) is 30.1. The normalized spacial score (nSPS) is 30.9. The standard InChI is InChI=1S/C37H50N14O22P4S/c1-62-24-19(10-65-74(54,55)64-8-6-52)69-35(50-16-48-22-30(40)43-13-45-33(22)50)26(24)72-75(56,57)66-9-18-23(53)25(34(68-18)49-15-47-21-29(39)42-12-44-32(21)49)71-76(58,59)67-11-37-4-2-7-63-28(37)27(73-77(60,61)78)36(70-37)51-14-46-20-17(38)3-5-41-31(20)51/h3,5,12-16,18-19,23-28,34-36,52-53H,2,4,6-11H2,1H3,(H2,38,41)(H,54,55)(H,56,57)(H,58,59)(H2,39,42,44)(H2,40,43,45)(H2,60,61,78)/t18-,19-,23+,24+,25?,26?,27?,28-,34-,35-,36-,37-/m1/s1. The van der Waals surface area contributed by atoms with Crippen molar-refractivity contribution in [3.63, 3.8) is 0 Å². The quantitative estimate of drug-likeness (QED) is 0.0372. The van der Waals surface area contributed by atoms with Crippen molar-refractivity contribution in [1.29, 1.82) is 0 Å². The summed E-state index contributed by atoms with van der Waals surface area (Å²) in [6.07, 6.45) is -9.50. The van der Waals surface area contributed by atoms with Gasteiger partial charge in [0.15, 0.2) is 47.3 Å². The molecule has 4 saturated heterocycles. The van der Waals surface area contributed by atoms with E-state index in [9.17, 15) is 43.3 Å². The van der Waals surface area contributed by atoms with Crippen molar-refractivity contribution in [3.05, 3.63) is 43.9 Å². The number of nitrogen functional groups attached to an aromatic ring is 3. The Bertz CT molecular complexity index is 3360. The first kappa shape index (κ1) is 57.0. The van der Waals surface area contributed by atoms with E-state index < -0.39 is 136 Å². The molecule has 0 aromatic carbocycles. The Morgan fingerprint density at radius 1 is 0.692 bits per heavy atom. The molecular formula is C37H50N14O22P4S. The van der Waals surface area contributed by atoms with Crippen molar-refractivity contribution >= 4 is 92.8 Å². The SMILES string of the molecule is CO[C@@H]1C(OP(=O)(O)OC[C@H]2O[C@@H](n3cnc4c(N)ncnc43)C(OP(=O)(O)OC[C@]34CCCO[C@@H]3C(OP(O)(O)=S)[C@H](n3cnc5c(N)ccnc53)O4)[C@H]2O)[C@H](n2cnc3c(N)ncnc32)O[C@@H]1COP(=O)(O)OCCO. The molecule has 41 heteroatoms. The van der Waals surface area contributed by atoms with Gasteiger partial charge >= 0.3 is 30.2 Å². The molecule has 0 amide bonds. The lowest BCUT2D eigenvalue weighted by Gasteiger charge is -2.38. The molecule has 13 N–H and O–H groups in total. The monoisotopic (exact) mass is 1200 g/mol. The van der Waals surface area contributed by atoms with Gasteiger partial charge in [-0.05, 0) is 30.7 Å². The fourth-order valence-electron chi connectivity index (χ4n) is 9.52. The molecule has 36 nitrogen and oxygen atoms in total. The van der Waals surface area contributed by atoms with Gasteiger partial charge < -0.3 is 75.6 Å². The number of phosphoric ester groups is 3. The van der Waals surface area contributed by atoms with Crippen molar-refractivity contribution in [1.82, 2.24) is 53.6 Å². The Kier molecular flexibility index (Phi) is 16.2. The topological polar surface area (TPSA) is 500 Å². The van der Waals surface area contributed by atoms with Crippen LogP contribution in [0, 0.1) is 0 Å². The van der Waals surface area contributed by atoms with E-state index >= 15 is 0 Å². The Hall–Kier alpha value is -4.30. The first-order chi connectivity index (χ1) is 37.0. The third-order valence-electron chi connectivity index (χ3n) is 12.8. The van der Waals surface area contributed by atoms with Crippen LogP contribution in [-0.2, 0) is 80.9 Å². The fourth-order valence-corrected chi connectivity index (χ4v) is 13.0. The molecule has 4 aliphatic heterocycles. The zero-order chi connectivity index (χ0) is 55.5. The molecule has 4 aliphatic rings. The molecule has 0 radical (unpaired) electrons. The van der Waals surface area contributed by atoms with E-state index in [1.54, 1.807) is 0 Å². The number of imidazole rings is 3. The fraction of sp³-hybridized carbons (Fsp3) is 0.568. The van der Waals surface area contributed by atoms with Crippen LogP contribution in [0.2, 0.25) is 0 Å². The Labute approximate surface area is 442 Å².